The zero-order valence-electron chi connectivity index (χ0n) is 9.62. The Morgan fingerprint density at radius 2 is 1.81 bits per heavy atom. The van der Waals surface area contributed by atoms with E-state index in [9.17, 15) is 4.79 Å². The molecule has 0 radical (unpaired) electrons. The summed E-state index contributed by atoms with van der Waals surface area (Å²) in [5.74, 6) is 5.26. The van der Waals surface area contributed by atoms with E-state index in [0.29, 0.717) is 0 Å². The van der Waals surface area contributed by atoms with Crippen LogP contribution in [-0.2, 0) is 10.2 Å². The second kappa shape index (κ2) is 4.26. The van der Waals surface area contributed by atoms with Gasteiger partial charge in [-0.15, -0.1) is 0 Å². The monoisotopic (exact) mass is 218 g/mol. The number of nitrogens with one attached hydrogen (secondary N) is 1. The van der Waals surface area contributed by atoms with Crippen molar-refractivity contribution in [3.05, 3.63) is 35.4 Å². The van der Waals surface area contributed by atoms with Crippen LogP contribution in [0, 0.1) is 6.92 Å². The van der Waals surface area contributed by atoms with Gasteiger partial charge >= 0.3 is 0 Å². The first kappa shape index (κ1) is 11.1. The van der Waals surface area contributed by atoms with E-state index >= 15 is 0 Å². The summed E-state index contributed by atoms with van der Waals surface area (Å²) in [5.41, 5.74) is 4.24. The smallest absolute Gasteiger partial charge is 0.244 e. The van der Waals surface area contributed by atoms with Gasteiger partial charge in [0.05, 0.1) is 5.41 Å². The van der Waals surface area contributed by atoms with Crippen LogP contribution in [0.5, 0.6) is 0 Å². The van der Waals surface area contributed by atoms with Crippen LogP contribution in [0.2, 0.25) is 0 Å². The van der Waals surface area contributed by atoms with Crippen molar-refractivity contribution < 1.29 is 4.79 Å². The number of carbonyl (C=O) groups excluding carboxylic acids is 1. The number of hydrazine groups is 1. The van der Waals surface area contributed by atoms with Gasteiger partial charge in [0.25, 0.3) is 0 Å². The van der Waals surface area contributed by atoms with Crippen LogP contribution in [0.4, 0.5) is 0 Å². The lowest BCUT2D eigenvalue weighted by Crippen LogP contribution is -2.45. The van der Waals surface area contributed by atoms with E-state index < -0.39 is 0 Å². The molecule has 2 rings (SSSR count). The summed E-state index contributed by atoms with van der Waals surface area (Å²) in [6, 6.07) is 8.21. The predicted molar refractivity (Wildman–Crippen MR) is 63.7 cm³/mol. The second-order valence-electron chi connectivity index (χ2n) is 4.63. The molecule has 0 saturated heterocycles. The first-order valence-electron chi connectivity index (χ1n) is 5.77. The van der Waals surface area contributed by atoms with Crippen LogP contribution in [0.1, 0.15) is 36.8 Å². The number of rotatable bonds is 2. The number of benzene rings is 1. The summed E-state index contributed by atoms with van der Waals surface area (Å²) in [7, 11) is 0. The van der Waals surface area contributed by atoms with Gasteiger partial charge in [-0.2, -0.15) is 0 Å². The van der Waals surface area contributed by atoms with Crippen molar-refractivity contribution in [1.82, 2.24) is 5.43 Å². The molecule has 3 N–H and O–H groups in total. The molecule has 3 nitrogen and oxygen atoms in total. The minimum atomic E-state index is -0.386. The Labute approximate surface area is 96.0 Å². The van der Waals surface area contributed by atoms with Gasteiger partial charge in [-0.05, 0) is 25.3 Å². The van der Waals surface area contributed by atoms with E-state index in [4.69, 9.17) is 5.84 Å². The number of hydrogen-bond acceptors (Lipinski definition) is 2. The zero-order chi connectivity index (χ0) is 11.6. The largest absolute Gasteiger partial charge is 0.293 e. The van der Waals surface area contributed by atoms with Crippen LogP contribution in [0.3, 0.4) is 0 Å². The molecular formula is C13H18N2O. The van der Waals surface area contributed by atoms with E-state index in [1.54, 1.807) is 0 Å². The Kier molecular flexibility index (Phi) is 2.97. The topological polar surface area (TPSA) is 55.1 Å². The highest BCUT2D eigenvalue weighted by molar-refractivity contribution is 5.88. The third kappa shape index (κ3) is 1.71. The normalized spacial score (nSPS) is 18.4. The minimum absolute atomic E-state index is 0.0474. The van der Waals surface area contributed by atoms with Crippen molar-refractivity contribution in [3.8, 4) is 0 Å². The number of carbonyl (C=O) groups is 1. The van der Waals surface area contributed by atoms with Crippen LogP contribution in [0.25, 0.3) is 0 Å². The molecule has 1 saturated carbocycles. The maximum atomic E-state index is 12.0. The molecule has 0 heterocycles. The van der Waals surface area contributed by atoms with E-state index in [2.05, 4.69) is 29.7 Å². The first-order valence-corrected chi connectivity index (χ1v) is 5.77. The molecule has 0 aromatic heterocycles. The first-order chi connectivity index (χ1) is 7.69. The molecule has 0 spiro atoms. The van der Waals surface area contributed by atoms with Crippen LogP contribution in [0.15, 0.2) is 24.3 Å². The Balaban J connectivity index is 2.39. The zero-order valence-corrected chi connectivity index (χ0v) is 9.62. The highest BCUT2D eigenvalue weighted by Gasteiger charge is 2.42. The third-order valence-electron chi connectivity index (χ3n) is 3.63. The fourth-order valence-corrected chi connectivity index (χ4v) is 2.64. The summed E-state index contributed by atoms with van der Waals surface area (Å²) in [6.45, 7) is 2.05. The predicted octanol–water partition coefficient (Wildman–Crippen LogP) is 1.80. The highest BCUT2D eigenvalue weighted by Crippen LogP contribution is 2.41. The molecule has 16 heavy (non-hydrogen) atoms. The van der Waals surface area contributed by atoms with Gasteiger partial charge in [0.1, 0.15) is 0 Å². The van der Waals surface area contributed by atoms with Gasteiger partial charge in [-0.25, -0.2) is 5.84 Å². The molecule has 0 atom stereocenters. The second-order valence-corrected chi connectivity index (χ2v) is 4.63. The van der Waals surface area contributed by atoms with Gasteiger partial charge in [0.15, 0.2) is 0 Å². The highest BCUT2D eigenvalue weighted by atomic mass is 16.2. The van der Waals surface area contributed by atoms with Gasteiger partial charge in [0.2, 0.25) is 5.91 Å². The number of aryl methyl sites for hydroxylation is 1. The molecule has 3 heteroatoms. The van der Waals surface area contributed by atoms with Crippen LogP contribution < -0.4 is 11.3 Å². The summed E-state index contributed by atoms with van der Waals surface area (Å²) in [5, 5.41) is 0. The molecule has 0 aliphatic heterocycles. The fourth-order valence-electron chi connectivity index (χ4n) is 2.64. The van der Waals surface area contributed by atoms with Crippen molar-refractivity contribution in [2.45, 2.75) is 38.0 Å². The number of nitrogens with two attached hydrogens (primary N) is 1. The quantitative estimate of drug-likeness (QED) is 0.452. The van der Waals surface area contributed by atoms with Crippen LogP contribution >= 0.6 is 0 Å². The summed E-state index contributed by atoms with van der Waals surface area (Å²) < 4.78 is 0. The number of hydrogen-bond donors (Lipinski definition) is 2. The SMILES string of the molecule is Cc1ccc(C2(C(=O)NN)CCCC2)cc1. The van der Waals surface area contributed by atoms with E-state index in [0.717, 1.165) is 31.2 Å². The summed E-state index contributed by atoms with van der Waals surface area (Å²) in [6.07, 6.45) is 4.00. The molecule has 0 bridgehead atoms. The van der Waals surface area contributed by atoms with Gasteiger partial charge < -0.3 is 0 Å². The summed E-state index contributed by atoms with van der Waals surface area (Å²) in [4.78, 5) is 12.0. The van der Waals surface area contributed by atoms with Crippen molar-refractivity contribution in [2.24, 2.45) is 5.84 Å². The van der Waals surface area contributed by atoms with Gasteiger partial charge in [0, 0.05) is 0 Å². The average Bonchev–Trinajstić information content (AvgIpc) is 2.79. The van der Waals surface area contributed by atoms with Crippen LogP contribution in [-0.4, -0.2) is 5.91 Å². The van der Waals surface area contributed by atoms with E-state index in [-0.39, 0.29) is 11.3 Å². The molecule has 1 aliphatic carbocycles. The molecule has 1 aromatic carbocycles. The standard InChI is InChI=1S/C13H18N2O/c1-10-4-6-11(7-5-10)13(12(16)15-14)8-2-3-9-13/h4-7H,2-3,8-9,14H2,1H3,(H,15,16). The van der Waals surface area contributed by atoms with Crippen molar-refractivity contribution in [1.29, 1.82) is 0 Å². The lowest BCUT2D eigenvalue weighted by molar-refractivity contribution is -0.126. The fraction of sp³-hybridized carbons (Fsp3) is 0.462. The van der Waals surface area contributed by atoms with E-state index in [1.165, 1.54) is 5.56 Å². The van der Waals surface area contributed by atoms with Gasteiger partial charge in [-0.3, -0.25) is 10.2 Å². The lowest BCUT2D eigenvalue weighted by atomic mass is 9.78. The van der Waals surface area contributed by atoms with Crippen molar-refractivity contribution in [3.63, 3.8) is 0 Å². The Bertz CT molecular complexity index is 377. The molecule has 1 aliphatic rings. The molecule has 1 amide bonds. The maximum absolute atomic E-state index is 12.0. The summed E-state index contributed by atoms with van der Waals surface area (Å²) >= 11 is 0. The molecule has 0 unspecified atom stereocenters. The van der Waals surface area contributed by atoms with Crippen molar-refractivity contribution >= 4 is 5.91 Å². The Morgan fingerprint density at radius 3 is 2.31 bits per heavy atom. The molecular weight excluding hydrogens is 200 g/mol. The maximum Gasteiger partial charge on any atom is 0.244 e. The van der Waals surface area contributed by atoms with Gasteiger partial charge in [-0.1, -0.05) is 42.7 Å². The lowest BCUT2D eigenvalue weighted by Gasteiger charge is -2.27. The molecule has 1 aromatic rings. The Hall–Kier alpha value is -1.35. The van der Waals surface area contributed by atoms with E-state index in [1.807, 2.05) is 6.92 Å². The number of amides is 1. The minimum Gasteiger partial charge on any atom is -0.293 e. The van der Waals surface area contributed by atoms with Crippen molar-refractivity contribution in [2.75, 3.05) is 0 Å². The molecule has 86 valence electrons. The molecule has 1 fully saturated rings. The average molecular weight is 218 g/mol. The third-order valence-corrected chi connectivity index (χ3v) is 3.63. The Morgan fingerprint density at radius 1 is 1.25 bits per heavy atom.